The largest absolute Gasteiger partial charge is 0.507 e. The normalized spacial score (nSPS) is 17.1. The summed E-state index contributed by atoms with van der Waals surface area (Å²) in [5.74, 6) is -0.463. The van der Waals surface area contributed by atoms with E-state index in [2.05, 4.69) is 14.8 Å². The average molecular weight is 506 g/mol. The average Bonchev–Trinajstić information content (AvgIpc) is 2.89. The van der Waals surface area contributed by atoms with Gasteiger partial charge in [-0.1, -0.05) is 12.1 Å². The third kappa shape index (κ3) is 4.81. The van der Waals surface area contributed by atoms with E-state index in [-0.39, 0.29) is 38.4 Å². The minimum Gasteiger partial charge on any atom is -0.507 e. The molecule has 1 aliphatic rings. The predicted molar refractivity (Wildman–Crippen MR) is 116 cm³/mol. The maximum atomic E-state index is 12.2. The highest BCUT2D eigenvalue weighted by atomic mass is 79.9. The lowest BCUT2D eigenvalue weighted by Gasteiger charge is -2.20. The van der Waals surface area contributed by atoms with Crippen molar-refractivity contribution in [1.82, 2.24) is 14.8 Å². The van der Waals surface area contributed by atoms with Gasteiger partial charge in [0.2, 0.25) is 20.0 Å². The summed E-state index contributed by atoms with van der Waals surface area (Å²) < 4.78 is 52.7. The van der Waals surface area contributed by atoms with Gasteiger partial charge in [-0.25, -0.2) is 26.3 Å². The fraction of sp³-hybridized carbons (Fsp3) is 0.333. The Morgan fingerprint density at radius 3 is 2.21 bits per heavy atom. The second-order valence-corrected chi connectivity index (χ2v) is 10.3. The van der Waals surface area contributed by atoms with Crippen molar-refractivity contribution in [2.24, 2.45) is 0 Å². The van der Waals surface area contributed by atoms with Crippen molar-refractivity contribution < 1.29 is 21.9 Å². The van der Waals surface area contributed by atoms with Crippen LogP contribution >= 0.6 is 17.0 Å². The summed E-state index contributed by atoms with van der Waals surface area (Å²) in [5.41, 5.74) is 2.52. The summed E-state index contributed by atoms with van der Waals surface area (Å²) in [5, 5.41) is 13.7. The molecule has 3 rings (SSSR count). The monoisotopic (exact) mass is 505 g/mol. The smallest absolute Gasteiger partial charge is 0.243 e. The Bertz CT molecular complexity index is 1090. The van der Waals surface area contributed by atoms with Crippen molar-refractivity contribution in [1.29, 1.82) is 0 Å². The minimum absolute atomic E-state index is 0. The zero-order valence-corrected chi connectivity index (χ0v) is 19.3. The highest BCUT2D eigenvalue weighted by Gasteiger charge is 2.26. The van der Waals surface area contributed by atoms with Gasteiger partial charge in [-0.3, -0.25) is 0 Å². The molecule has 0 bridgehead atoms. The van der Waals surface area contributed by atoms with Gasteiger partial charge in [-0.15, -0.1) is 17.0 Å². The van der Waals surface area contributed by atoms with Crippen LogP contribution in [0.5, 0.6) is 5.75 Å². The molecule has 1 heterocycles. The Labute approximate surface area is 181 Å². The molecule has 1 aliphatic heterocycles. The van der Waals surface area contributed by atoms with Gasteiger partial charge in [0.1, 0.15) is 10.6 Å². The molecule has 0 amide bonds. The van der Waals surface area contributed by atoms with Gasteiger partial charge >= 0.3 is 0 Å². The molecule has 0 radical (unpaired) electrons. The molecule has 0 saturated heterocycles. The highest BCUT2D eigenvalue weighted by molar-refractivity contribution is 8.93. The maximum Gasteiger partial charge on any atom is 0.243 e. The van der Waals surface area contributed by atoms with Crippen LogP contribution in [0.1, 0.15) is 22.6 Å². The Morgan fingerprint density at radius 2 is 1.62 bits per heavy atom. The standard InChI is InChI=1S/C18H23N3O5S2.BrH/c1-19-27(23,24)14-5-3-12(4-6-14)16-11-21-8-7-13-9-18(28(25,26)20-2)17(22)10-15(13)16;/h3-6,9-10,16,19-22H,7-8,11H2,1-2H3;1H. The van der Waals surface area contributed by atoms with E-state index in [9.17, 15) is 21.9 Å². The second kappa shape index (κ2) is 9.11. The molecule has 1 atom stereocenters. The molecule has 4 N–H and O–H groups in total. The summed E-state index contributed by atoms with van der Waals surface area (Å²) >= 11 is 0. The number of halogens is 1. The summed E-state index contributed by atoms with van der Waals surface area (Å²) in [6, 6.07) is 9.55. The topological polar surface area (TPSA) is 125 Å². The number of rotatable bonds is 5. The van der Waals surface area contributed by atoms with E-state index in [0.717, 1.165) is 16.7 Å². The Hall–Kier alpha value is -1.50. The van der Waals surface area contributed by atoms with Crippen molar-refractivity contribution in [3.8, 4) is 5.75 Å². The first-order chi connectivity index (χ1) is 13.2. The van der Waals surface area contributed by atoms with Crippen LogP contribution in [0, 0.1) is 0 Å². The quantitative estimate of drug-likeness (QED) is 0.481. The Morgan fingerprint density at radius 1 is 1.00 bits per heavy atom. The highest BCUT2D eigenvalue weighted by Crippen LogP contribution is 2.35. The van der Waals surface area contributed by atoms with Crippen molar-refractivity contribution in [2.45, 2.75) is 22.1 Å². The molecular weight excluding hydrogens is 482 g/mol. The van der Waals surface area contributed by atoms with Crippen LogP contribution in [0.3, 0.4) is 0 Å². The van der Waals surface area contributed by atoms with Gasteiger partial charge in [0.15, 0.2) is 0 Å². The zero-order valence-electron chi connectivity index (χ0n) is 16.0. The van der Waals surface area contributed by atoms with Crippen molar-refractivity contribution in [2.75, 3.05) is 27.2 Å². The second-order valence-electron chi connectivity index (χ2n) is 6.51. The zero-order chi connectivity index (χ0) is 20.5. The number of sulfonamides is 2. The van der Waals surface area contributed by atoms with E-state index < -0.39 is 20.0 Å². The van der Waals surface area contributed by atoms with Gasteiger partial charge in [-0.2, -0.15) is 0 Å². The van der Waals surface area contributed by atoms with E-state index in [1.54, 1.807) is 12.1 Å². The molecule has 0 saturated carbocycles. The molecule has 11 heteroatoms. The Balaban J connectivity index is 0.00000300. The summed E-state index contributed by atoms with van der Waals surface area (Å²) in [7, 11) is -4.65. The van der Waals surface area contributed by atoms with E-state index in [1.807, 2.05) is 0 Å². The van der Waals surface area contributed by atoms with Gasteiger partial charge in [0.25, 0.3) is 0 Å². The number of phenolic OH excluding ortho intramolecular Hbond substituents is 1. The van der Waals surface area contributed by atoms with Crippen molar-refractivity contribution in [3.05, 3.63) is 53.1 Å². The van der Waals surface area contributed by atoms with Crippen LogP contribution in [0.15, 0.2) is 46.2 Å². The maximum absolute atomic E-state index is 12.2. The number of benzene rings is 2. The van der Waals surface area contributed by atoms with E-state index in [0.29, 0.717) is 19.5 Å². The van der Waals surface area contributed by atoms with E-state index in [1.165, 1.54) is 38.4 Å². The minimum atomic E-state index is -3.78. The lowest BCUT2D eigenvalue weighted by atomic mass is 9.88. The van der Waals surface area contributed by atoms with Crippen LogP contribution < -0.4 is 14.8 Å². The molecule has 29 heavy (non-hydrogen) atoms. The Kier molecular flexibility index (Phi) is 7.47. The molecular formula is C18H24BrN3O5S2. The first-order valence-corrected chi connectivity index (χ1v) is 11.7. The molecule has 0 fully saturated rings. The number of phenols is 1. The van der Waals surface area contributed by atoms with Crippen LogP contribution in [0.4, 0.5) is 0 Å². The van der Waals surface area contributed by atoms with E-state index in [4.69, 9.17) is 0 Å². The SMILES string of the molecule is Br.CNS(=O)(=O)c1ccc(C2CNCCc3cc(S(=O)(=O)NC)c(O)cc32)cc1. The summed E-state index contributed by atoms with van der Waals surface area (Å²) in [6.07, 6.45) is 0.616. The molecule has 2 aromatic rings. The van der Waals surface area contributed by atoms with E-state index >= 15 is 0 Å². The number of nitrogens with one attached hydrogen (secondary N) is 3. The first kappa shape index (κ1) is 23.8. The number of hydrogen-bond donors (Lipinski definition) is 4. The van der Waals surface area contributed by atoms with Crippen LogP contribution in [0.2, 0.25) is 0 Å². The first-order valence-electron chi connectivity index (χ1n) is 8.73. The molecule has 160 valence electrons. The van der Waals surface area contributed by atoms with Crippen LogP contribution in [-0.4, -0.2) is 49.1 Å². The lowest BCUT2D eigenvalue weighted by molar-refractivity contribution is 0.456. The van der Waals surface area contributed by atoms with Crippen LogP contribution in [0.25, 0.3) is 0 Å². The molecule has 1 unspecified atom stereocenters. The summed E-state index contributed by atoms with van der Waals surface area (Å²) in [6.45, 7) is 1.25. The van der Waals surface area contributed by atoms with Gasteiger partial charge in [0.05, 0.1) is 4.90 Å². The lowest BCUT2D eigenvalue weighted by Crippen LogP contribution is -2.21. The van der Waals surface area contributed by atoms with Gasteiger partial charge in [-0.05, 0) is 68.0 Å². The third-order valence-electron chi connectivity index (χ3n) is 4.94. The fourth-order valence-electron chi connectivity index (χ4n) is 3.37. The molecule has 2 aromatic carbocycles. The van der Waals surface area contributed by atoms with Crippen molar-refractivity contribution >= 4 is 37.0 Å². The fourth-order valence-corrected chi connectivity index (χ4v) is 4.95. The number of fused-ring (bicyclic) bond motifs is 1. The van der Waals surface area contributed by atoms with Gasteiger partial charge in [0, 0.05) is 12.5 Å². The predicted octanol–water partition coefficient (Wildman–Crippen LogP) is 1.06. The number of hydrogen-bond acceptors (Lipinski definition) is 6. The van der Waals surface area contributed by atoms with Gasteiger partial charge < -0.3 is 10.4 Å². The molecule has 0 aliphatic carbocycles. The molecule has 0 aromatic heterocycles. The summed E-state index contributed by atoms with van der Waals surface area (Å²) in [4.78, 5) is 0.0173. The van der Waals surface area contributed by atoms with Crippen LogP contribution in [-0.2, 0) is 26.5 Å². The molecule has 0 spiro atoms. The van der Waals surface area contributed by atoms with Crippen molar-refractivity contribution in [3.63, 3.8) is 0 Å². The number of aromatic hydroxyl groups is 1. The third-order valence-corrected chi connectivity index (χ3v) is 7.81. The molecule has 8 nitrogen and oxygen atoms in total.